The van der Waals surface area contributed by atoms with E-state index in [1.54, 1.807) is 0 Å². The summed E-state index contributed by atoms with van der Waals surface area (Å²) in [6, 6.07) is 0.130. The molecule has 0 radical (unpaired) electrons. The molecule has 1 saturated heterocycles. The van der Waals surface area contributed by atoms with Crippen molar-refractivity contribution in [1.29, 1.82) is 0 Å². The van der Waals surface area contributed by atoms with Crippen molar-refractivity contribution in [3.8, 4) is 0 Å². The third-order valence-corrected chi connectivity index (χ3v) is 3.19. The Morgan fingerprint density at radius 1 is 1.57 bits per heavy atom. The number of amides is 1. The first-order chi connectivity index (χ1) is 9.84. The maximum absolute atomic E-state index is 12.8. The van der Waals surface area contributed by atoms with Crippen molar-refractivity contribution in [3.05, 3.63) is 18.0 Å². The number of ether oxygens (including phenoxy) is 1. The second-order valence-corrected chi connectivity index (χ2v) is 4.52. The van der Waals surface area contributed by atoms with Crippen LogP contribution in [-0.2, 0) is 15.7 Å². The second-order valence-electron chi connectivity index (χ2n) is 4.52. The topological polar surface area (TPSA) is 80.5 Å². The van der Waals surface area contributed by atoms with E-state index in [-0.39, 0.29) is 30.4 Å². The fourth-order valence-electron chi connectivity index (χ4n) is 2.13. The number of nitrogens with one attached hydrogen (secondary N) is 1. The van der Waals surface area contributed by atoms with Crippen molar-refractivity contribution in [1.82, 2.24) is 10.3 Å². The predicted octanol–water partition coefficient (Wildman–Crippen LogP) is 0.634. The highest BCUT2D eigenvalue weighted by molar-refractivity contribution is 5.86. The summed E-state index contributed by atoms with van der Waals surface area (Å²) in [5, 5.41) is 2.46. The van der Waals surface area contributed by atoms with E-state index in [0.29, 0.717) is 6.61 Å². The van der Waals surface area contributed by atoms with Crippen molar-refractivity contribution < 1.29 is 22.7 Å². The summed E-state index contributed by atoms with van der Waals surface area (Å²) >= 11 is 0. The number of carbonyl (C=O) groups excluding carboxylic acids is 1. The SMILES string of the molecule is CNC(=O)C1COCCN1c1cc(C(F)(F)F)ncc1N. The van der Waals surface area contributed by atoms with Gasteiger partial charge >= 0.3 is 6.18 Å². The molecular formula is C12H15F3N4O2. The minimum absolute atomic E-state index is 0.0822. The van der Waals surface area contributed by atoms with E-state index < -0.39 is 17.9 Å². The number of hydrogen-bond donors (Lipinski definition) is 2. The number of alkyl halides is 3. The van der Waals surface area contributed by atoms with Crippen LogP contribution in [0.15, 0.2) is 12.3 Å². The molecule has 0 aromatic carbocycles. The summed E-state index contributed by atoms with van der Waals surface area (Å²) < 4.78 is 43.5. The molecule has 21 heavy (non-hydrogen) atoms. The number of nitrogens with two attached hydrogens (primary N) is 1. The summed E-state index contributed by atoms with van der Waals surface area (Å²) in [6.45, 7) is 0.656. The normalized spacial score (nSPS) is 19.4. The molecule has 1 atom stereocenters. The quantitative estimate of drug-likeness (QED) is 0.838. The Bertz CT molecular complexity index is 536. The molecule has 2 heterocycles. The van der Waals surface area contributed by atoms with E-state index in [1.807, 2.05) is 0 Å². The Morgan fingerprint density at radius 3 is 2.90 bits per heavy atom. The lowest BCUT2D eigenvalue weighted by Gasteiger charge is -2.36. The summed E-state index contributed by atoms with van der Waals surface area (Å²) in [7, 11) is 1.45. The van der Waals surface area contributed by atoms with Crippen LogP contribution in [0.25, 0.3) is 0 Å². The largest absolute Gasteiger partial charge is 0.433 e. The number of hydrogen-bond acceptors (Lipinski definition) is 5. The highest BCUT2D eigenvalue weighted by Crippen LogP contribution is 2.33. The summed E-state index contributed by atoms with van der Waals surface area (Å²) in [6.07, 6.45) is -3.62. The summed E-state index contributed by atoms with van der Waals surface area (Å²) in [5.41, 5.74) is 4.89. The number of anilines is 2. The van der Waals surface area contributed by atoms with Gasteiger partial charge in [-0.05, 0) is 6.07 Å². The molecule has 1 aromatic heterocycles. The lowest BCUT2D eigenvalue weighted by atomic mass is 10.1. The highest BCUT2D eigenvalue weighted by Gasteiger charge is 2.35. The standard InChI is InChI=1S/C12H15F3N4O2/c1-17-11(20)9-6-21-3-2-19(9)8-4-10(12(13,14)15)18-5-7(8)16/h4-5,9H,2-3,6,16H2,1H3,(H,17,20). The first-order valence-corrected chi connectivity index (χ1v) is 6.23. The van der Waals surface area contributed by atoms with Gasteiger partial charge in [0.1, 0.15) is 11.7 Å². The number of morpholine rings is 1. The molecule has 9 heteroatoms. The van der Waals surface area contributed by atoms with Crippen LogP contribution in [0.2, 0.25) is 0 Å². The van der Waals surface area contributed by atoms with Crippen LogP contribution >= 0.6 is 0 Å². The summed E-state index contributed by atoms with van der Waals surface area (Å²) in [4.78, 5) is 16.6. The van der Waals surface area contributed by atoms with Crippen LogP contribution < -0.4 is 16.0 Å². The van der Waals surface area contributed by atoms with Crippen molar-refractivity contribution in [3.63, 3.8) is 0 Å². The molecule has 0 spiro atoms. The molecule has 2 rings (SSSR count). The zero-order valence-electron chi connectivity index (χ0n) is 11.3. The Hall–Kier alpha value is -2.03. The van der Waals surface area contributed by atoms with E-state index in [1.165, 1.54) is 11.9 Å². The number of nitrogen functional groups attached to an aromatic ring is 1. The van der Waals surface area contributed by atoms with Gasteiger partial charge in [0.25, 0.3) is 0 Å². The molecular weight excluding hydrogens is 289 g/mol. The van der Waals surface area contributed by atoms with Crippen LogP contribution in [0.1, 0.15) is 5.69 Å². The molecule has 1 fully saturated rings. The smallest absolute Gasteiger partial charge is 0.396 e. The lowest BCUT2D eigenvalue weighted by Crippen LogP contribution is -2.53. The number of carbonyl (C=O) groups is 1. The van der Waals surface area contributed by atoms with Gasteiger partial charge in [0.2, 0.25) is 5.91 Å². The third-order valence-electron chi connectivity index (χ3n) is 3.19. The van der Waals surface area contributed by atoms with Crippen LogP contribution in [0.4, 0.5) is 24.5 Å². The van der Waals surface area contributed by atoms with Gasteiger partial charge in [0, 0.05) is 13.6 Å². The van der Waals surface area contributed by atoms with Gasteiger partial charge in [-0.3, -0.25) is 4.79 Å². The minimum Gasteiger partial charge on any atom is -0.396 e. The molecule has 0 saturated carbocycles. The van der Waals surface area contributed by atoms with Crippen molar-refractivity contribution in [2.75, 3.05) is 37.4 Å². The molecule has 1 unspecified atom stereocenters. The molecule has 116 valence electrons. The first kappa shape index (κ1) is 15.4. The second kappa shape index (κ2) is 5.76. The zero-order chi connectivity index (χ0) is 15.6. The van der Waals surface area contributed by atoms with E-state index >= 15 is 0 Å². The highest BCUT2D eigenvalue weighted by atomic mass is 19.4. The Balaban J connectivity index is 2.40. The number of halogens is 3. The molecule has 3 N–H and O–H groups in total. The van der Waals surface area contributed by atoms with E-state index in [4.69, 9.17) is 10.5 Å². The van der Waals surface area contributed by atoms with Crippen LogP contribution in [0.5, 0.6) is 0 Å². The lowest BCUT2D eigenvalue weighted by molar-refractivity contribution is -0.141. The average Bonchev–Trinajstić information content (AvgIpc) is 2.45. The fourth-order valence-corrected chi connectivity index (χ4v) is 2.13. The zero-order valence-corrected chi connectivity index (χ0v) is 11.3. The summed E-state index contributed by atoms with van der Waals surface area (Å²) in [5.74, 6) is -0.348. The van der Waals surface area contributed by atoms with Gasteiger partial charge in [0.05, 0.1) is 30.8 Å². The molecule has 0 bridgehead atoms. The van der Waals surface area contributed by atoms with E-state index in [0.717, 1.165) is 12.3 Å². The number of pyridine rings is 1. The third kappa shape index (κ3) is 3.18. The van der Waals surface area contributed by atoms with Gasteiger partial charge < -0.3 is 20.7 Å². The molecule has 1 aliphatic heterocycles. The van der Waals surface area contributed by atoms with E-state index in [9.17, 15) is 18.0 Å². The molecule has 1 amide bonds. The average molecular weight is 304 g/mol. The Kier molecular flexibility index (Phi) is 4.21. The van der Waals surface area contributed by atoms with E-state index in [2.05, 4.69) is 10.3 Å². The Morgan fingerprint density at radius 2 is 2.29 bits per heavy atom. The van der Waals surface area contributed by atoms with Crippen molar-refractivity contribution >= 4 is 17.3 Å². The molecule has 0 aliphatic carbocycles. The van der Waals surface area contributed by atoms with Crippen LogP contribution in [0, 0.1) is 0 Å². The number of aromatic nitrogens is 1. The Labute approximate surface area is 119 Å². The van der Waals surface area contributed by atoms with Gasteiger partial charge in [-0.25, -0.2) is 4.98 Å². The monoisotopic (exact) mass is 304 g/mol. The minimum atomic E-state index is -4.57. The maximum Gasteiger partial charge on any atom is 0.433 e. The fraction of sp³-hybridized carbons (Fsp3) is 0.500. The maximum atomic E-state index is 12.8. The van der Waals surface area contributed by atoms with Gasteiger partial charge in [-0.2, -0.15) is 13.2 Å². The van der Waals surface area contributed by atoms with Gasteiger partial charge in [-0.15, -0.1) is 0 Å². The number of nitrogens with zero attached hydrogens (tertiary/aromatic N) is 2. The molecule has 6 nitrogen and oxygen atoms in total. The van der Waals surface area contributed by atoms with Crippen molar-refractivity contribution in [2.24, 2.45) is 0 Å². The predicted molar refractivity (Wildman–Crippen MR) is 69.7 cm³/mol. The van der Waals surface area contributed by atoms with Gasteiger partial charge in [-0.1, -0.05) is 0 Å². The molecule has 1 aromatic rings. The number of rotatable bonds is 2. The number of likely N-dealkylation sites (N-methyl/N-ethyl adjacent to an activating group) is 1. The molecule has 1 aliphatic rings. The first-order valence-electron chi connectivity index (χ1n) is 6.23. The van der Waals surface area contributed by atoms with Crippen LogP contribution in [0.3, 0.4) is 0 Å². The van der Waals surface area contributed by atoms with Crippen molar-refractivity contribution in [2.45, 2.75) is 12.2 Å². The van der Waals surface area contributed by atoms with Gasteiger partial charge in [0.15, 0.2) is 0 Å². The van der Waals surface area contributed by atoms with Crippen LogP contribution in [-0.4, -0.2) is 43.7 Å².